The van der Waals surface area contributed by atoms with Crippen LogP contribution >= 0.6 is 12.4 Å². The smallest absolute Gasteiger partial charge is 0.0730 e. The highest BCUT2D eigenvalue weighted by atomic mass is 35.5. The summed E-state index contributed by atoms with van der Waals surface area (Å²) in [6, 6.07) is 10.5. The summed E-state index contributed by atoms with van der Waals surface area (Å²) in [5, 5.41) is 0. The molecule has 2 unspecified atom stereocenters. The van der Waals surface area contributed by atoms with Crippen LogP contribution in [0.25, 0.3) is 0 Å². The van der Waals surface area contributed by atoms with Crippen LogP contribution in [0.15, 0.2) is 30.3 Å². The van der Waals surface area contributed by atoms with Gasteiger partial charge in [0.1, 0.15) is 0 Å². The molecular weight excluding hydrogens is 222 g/mol. The molecule has 1 aliphatic rings. The van der Waals surface area contributed by atoms with Crippen LogP contribution in [0, 0.1) is 0 Å². The van der Waals surface area contributed by atoms with E-state index in [1.165, 1.54) is 18.4 Å². The van der Waals surface area contributed by atoms with Crippen molar-refractivity contribution in [3.63, 3.8) is 0 Å². The highest BCUT2D eigenvalue weighted by Crippen LogP contribution is 2.20. The minimum atomic E-state index is 0. The zero-order chi connectivity index (χ0) is 10.5. The van der Waals surface area contributed by atoms with Crippen LogP contribution in [0.1, 0.15) is 31.2 Å². The fourth-order valence-corrected chi connectivity index (χ4v) is 2.11. The van der Waals surface area contributed by atoms with E-state index in [1.807, 2.05) is 18.2 Å². The van der Waals surface area contributed by atoms with Crippen molar-refractivity contribution in [2.45, 2.75) is 44.4 Å². The molecule has 1 aliphatic carbocycles. The van der Waals surface area contributed by atoms with Gasteiger partial charge in [-0.25, -0.2) is 0 Å². The Morgan fingerprint density at radius 1 is 1.12 bits per heavy atom. The number of nitrogens with two attached hydrogens (primary N) is 1. The second-order valence-corrected chi connectivity index (χ2v) is 4.28. The Morgan fingerprint density at radius 2 is 1.81 bits per heavy atom. The maximum atomic E-state index is 6.02. The van der Waals surface area contributed by atoms with Gasteiger partial charge in [-0.1, -0.05) is 43.2 Å². The topological polar surface area (TPSA) is 35.2 Å². The molecule has 0 spiro atoms. The van der Waals surface area contributed by atoms with Gasteiger partial charge in [0.2, 0.25) is 0 Å². The Kier molecular flexibility index (Phi) is 5.81. The van der Waals surface area contributed by atoms with Crippen LogP contribution in [-0.2, 0) is 11.3 Å². The second kappa shape index (κ2) is 6.89. The van der Waals surface area contributed by atoms with E-state index in [2.05, 4.69) is 12.1 Å². The molecule has 0 heterocycles. The Morgan fingerprint density at radius 3 is 2.50 bits per heavy atom. The standard InChI is InChI=1S/C13H19NO.ClH/c14-12-8-4-5-9-13(12)15-10-11-6-2-1-3-7-11;/h1-3,6-7,12-13H,4-5,8-10,14H2;1H. The van der Waals surface area contributed by atoms with E-state index in [0.29, 0.717) is 6.61 Å². The van der Waals surface area contributed by atoms with E-state index in [-0.39, 0.29) is 24.6 Å². The molecule has 1 aromatic carbocycles. The van der Waals surface area contributed by atoms with Gasteiger partial charge in [-0.05, 0) is 18.4 Å². The Hall–Kier alpha value is -0.570. The lowest BCUT2D eigenvalue weighted by Gasteiger charge is -2.28. The van der Waals surface area contributed by atoms with Crippen molar-refractivity contribution in [3.8, 4) is 0 Å². The monoisotopic (exact) mass is 241 g/mol. The highest BCUT2D eigenvalue weighted by molar-refractivity contribution is 5.85. The molecule has 2 atom stereocenters. The van der Waals surface area contributed by atoms with Gasteiger partial charge in [-0.2, -0.15) is 0 Å². The number of rotatable bonds is 3. The lowest BCUT2D eigenvalue weighted by molar-refractivity contribution is 0.00404. The first-order valence-electron chi connectivity index (χ1n) is 5.77. The Labute approximate surface area is 104 Å². The van der Waals surface area contributed by atoms with Crippen LogP contribution in [0.5, 0.6) is 0 Å². The predicted octanol–water partition coefficient (Wildman–Crippen LogP) is 2.89. The summed E-state index contributed by atoms with van der Waals surface area (Å²) >= 11 is 0. The number of hydrogen-bond donors (Lipinski definition) is 1. The van der Waals surface area contributed by atoms with Gasteiger partial charge in [0.25, 0.3) is 0 Å². The van der Waals surface area contributed by atoms with E-state index in [4.69, 9.17) is 10.5 Å². The van der Waals surface area contributed by atoms with Crippen molar-refractivity contribution < 1.29 is 4.74 Å². The van der Waals surface area contributed by atoms with Gasteiger partial charge in [0.15, 0.2) is 0 Å². The normalized spacial score (nSPS) is 24.8. The summed E-state index contributed by atoms with van der Waals surface area (Å²) in [4.78, 5) is 0. The molecule has 2 rings (SSSR count). The van der Waals surface area contributed by atoms with Crippen molar-refractivity contribution in [1.29, 1.82) is 0 Å². The van der Waals surface area contributed by atoms with Crippen molar-refractivity contribution in [1.82, 2.24) is 0 Å². The minimum absolute atomic E-state index is 0. The van der Waals surface area contributed by atoms with E-state index in [0.717, 1.165) is 12.8 Å². The average Bonchev–Trinajstić information content (AvgIpc) is 2.29. The van der Waals surface area contributed by atoms with Gasteiger partial charge in [0.05, 0.1) is 12.7 Å². The number of ether oxygens (including phenoxy) is 1. The molecule has 0 saturated heterocycles. The molecule has 2 nitrogen and oxygen atoms in total. The molecule has 90 valence electrons. The number of hydrogen-bond acceptors (Lipinski definition) is 2. The van der Waals surface area contributed by atoms with Crippen LogP contribution in [0.3, 0.4) is 0 Å². The maximum absolute atomic E-state index is 6.02. The number of halogens is 1. The van der Waals surface area contributed by atoms with Crippen LogP contribution in [0.4, 0.5) is 0 Å². The summed E-state index contributed by atoms with van der Waals surface area (Å²) in [5.74, 6) is 0. The van der Waals surface area contributed by atoms with Crippen LogP contribution in [-0.4, -0.2) is 12.1 Å². The third-order valence-electron chi connectivity index (χ3n) is 3.06. The second-order valence-electron chi connectivity index (χ2n) is 4.28. The Balaban J connectivity index is 0.00000128. The van der Waals surface area contributed by atoms with E-state index in [1.54, 1.807) is 0 Å². The molecular formula is C13H20ClNO. The quantitative estimate of drug-likeness (QED) is 0.883. The number of benzene rings is 1. The molecule has 1 fully saturated rings. The lowest BCUT2D eigenvalue weighted by atomic mass is 9.93. The molecule has 0 bridgehead atoms. The summed E-state index contributed by atoms with van der Waals surface area (Å²) < 4.78 is 5.86. The summed E-state index contributed by atoms with van der Waals surface area (Å²) in [5.41, 5.74) is 7.25. The first kappa shape index (κ1) is 13.5. The van der Waals surface area contributed by atoms with Crippen molar-refractivity contribution in [2.75, 3.05) is 0 Å². The third-order valence-corrected chi connectivity index (χ3v) is 3.06. The largest absolute Gasteiger partial charge is 0.372 e. The van der Waals surface area contributed by atoms with E-state index < -0.39 is 0 Å². The molecule has 3 heteroatoms. The van der Waals surface area contributed by atoms with Crippen molar-refractivity contribution in [2.24, 2.45) is 5.73 Å². The van der Waals surface area contributed by atoms with Gasteiger partial charge in [-0.3, -0.25) is 0 Å². The molecule has 0 aliphatic heterocycles. The fraction of sp³-hybridized carbons (Fsp3) is 0.538. The van der Waals surface area contributed by atoms with E-state index in [9.17, 15) is 0 Å². The van der Waals surface area contributed by atoms with Gasteiger partial charge in [-0.15, -0.1) is 12.4 Å². The molecule has 0 radical (unpaired) electrons. The van der Waals surface area contributed by atoms with Gasteiger partial charge in [0, 0.05) is 6.04 Å². The third kappa shape index (κ3) is 3.78. The molecule has 0 amide bonds. The first-order chi connectivity index (χ1) is 7.36. The van der Waals surface area contributed by atoms with Crippen LogP contribution < -0.4 is 5.73 Å². The summed E-state index contributed by atoms with van der Waals surface area (Å²) in [7, 11) is 0. The molecule has 0 aromatic heterocycles. The zero-order valence-electron chi connectivity index (χ0n) is 9.47. The fourth-order valence-electron chi connectivity index (χ4n) is 2.11. The van der Waals surface area contributed by atoms with Crippen LogP contribution in [0.2, 0.25) is 0 Å². The van der Waals surface area contributed by atoms with Crippen molar-refractivity contribution in [3.05, 3.63) is 35.9 Å². The summed E-state index contributed by atoms with van der Waals surface area (Å²) in [6.07, 6.45) is 5.01. The van der Waals surface area contributed by atoms with Crippen molar-refractivity contribution >= 4 is 12.4 Å². The van der Waals surface area contributed by atoms with E-state index >= 15 is 0 Å². The molecule has 1 aromatic rings. The highest BCUT2D eigenvalue weighted by Gasteiger charge is 2.21. The molecule has 2 N–H and O–H groups in total. The SMILES string of the molecule is Cl.NC1CCCCC1OCc1ccccc1. The lowest BCUT2D eigenvalue weighted by Crippen LogP contribution is -2.39. The minimum Gasteiger partial charge on any atom is -0.372 e. The average molecular weight is 242 g/mol. The van der Waals surface area contributed by atoms with Gasteiger partial charge < -0.3 is 10.5 Å². The first-order valence-corrected chi connectivity index (χ1v) is 5.77. The molecule has 16 heavy (non-hydrogen) atoms. The molecule has 1 saturated carbocycles. The predicted molar refractivity (Wildman–Crippen MR) is 68.7 cm³/mol. The zero-order valence-corrected chi connectivity index (χ0v) is 10.3. The Bertz CT molecular complexity index is 291. The summed E-state index contributed by atoms with van der Waals surface area (Å²) in [6.45, 7) is 0.694. The van der Waals surface area contributed by atoms with Gasteiger partial charge >= 0.3 is 0 Å². The maximum Gasteiger partial charge on any atom is 0.0730 e.